The molecule has 1 aromatic rings. The molecular formula is C11H14O2. The van der Waals surface area contributed by atoms with Crippen LogP contribution >= 0.6 is 0 Å². The molecule has 1 aliphatic rings. The van der Waals surface area contributed by atoms with Crippen LogP contribution in [0.4, 0.5) is 0 Å². The number of ether oxygens (including phenoxy) is 2. The Morgan fingerprint density at radius 2 is 2.31 bits per heavy atom. The maximum absolute atomic E-state index is 5.47. The Bertz CT molecular complexity index is 307. The van der Waals surface area contributed by atoms with E-state index in [1.807, 2.05) is 0 Å². The Kier molecular flexibility index (Phi) is 2.34. The normalized spacial score (nSPS) is 21.2. The average molecular weight is 178 g/mol. The van der Waals surface area contributed by atoms with Crippen LogP contribution < -0.4 is 0 Å². The summed E-state index contributed by atoms with van der Waals surface area (Å²) < 4.78 is 10.7. The summed E-state index contributed by atoms with van der Waals surface area (Å²) in [5.74, 6) is 0. The highest BCUT2D eigenvalue weighted by Gasteiger charge is 2.19. The first-order chi connectivity index (χ1) is 6.31. The number of benzene rings is 1. The first kappa shape index (κ1) is 8.73. The van der Waals surface area contributed by atoms with Gasteiger partial charge in [-0.25, -0.2) is 0 Å². The highest BCUT2D eigenvalue weighted by molar-refractivity contribution is 5.33. The topological polar surface area (TPSA) is 18.5 Å². The van der Waals surface area contributed by atoms with Gasteiger partial charge in [-0.15, -0.1) is 0 Å². The van der Waals surface area contributed by atoms with E-state index >= 15 is 0 Å². The number of hydrogen-bond acceptors (Lipinski definition) is 2. The lowest BCUT2D eigenvalue weighted by Gasteiger charge is -2.24. The van der Waals surface area contributed by atoms with Gasteiger partial charge in [0.25, 0.3) is 0 Å². The summed E-state index contributed by atoms with van der Waals surface area (Å²) in [5.41, 5.74) is 3.84. The van der Waals surface area contributed by atoms with Gasteiger partial charge in [-0.2, -0.15) is 0 Å². The number of fused-ring (bicyclic) bond motifs is 1. The smallest absolute Gasteiger partial charge is 0.183 e. The summed E-state index contributed by atoms with van der Waals surface area (Å²) in [7, 11) is 1.68. The van der Waals surface area contributed by atoms with Crippen LogP contribution in [0.5, 0.6) is 0 Å². The number of aryl methyl sites for hydroxylation is 1. The predicted octanol–water partition coefficient (Wildman–Crippen LogP) is 2.21. The molecule has 2 nitrogen and oxygen atoms in total. The van der Waals surface area contributed by atoms with Crippen LogP contribution in [-0.2, 0) is 15.9 Å². The lowest BCUT2D eigenvalue weighted by Crippen LogP contribution is -2.17. The highest BCUT2D eigenvalue weighted by atomic mass is 16.7. The van der Waals surface area contributed by atoms with E-state index in [9.17, 15) is 0 Å². The van der Waals surface area contributed by atoms with Gasteiger partial charge in [0, 0.05) is 12.7 Å². The van der Waals surface area contributed by atoms with E-state index in [2.05, 4.69) is 25.1 Å². The standard InChI is InChI=1S/C11H14O2/c1-8-3-4-10-9(7-8)5-6-13-11(10)12-2/h3-4,7,11H,5-6H2,1-2H3/t11-/m1/s1. The summed E-state index contributed by atoms with van der Waals surface area (Å²) >= 11 is 0. The third kappa shape index (κ3) is 1.60. The molecule has 0 bridgehead atoms. The molecule has 0 saturated heterocycles. The lowest BCUT2D eigenvalue weighted by atomic mass is 10.00. The monoisotopic (exact) mass is 178 g/mol. The fourth-order valence-corrected chi connectivity index (χ4v) is 1.74. The molecule has 1 aromatic carbocycles. The van der Waals surface area contributed by atoms with Gasteiger partial charge >= 0.3 is 0 Å². The molecule has 1 aliphatic heterocycles. The van der Waals surface area contributed by atoms with Crippen molar-refractivity contribution in [2.75, 3.05) is 13.7 Å². The first-order valence-corrected chi connectivity index (χ1v) is 4.55. The Morgan fingerprint density at radius 1 is 1.46 bits per heavy atom. The molecule has 0 aromatic heterocycles. The van der Waals surface area contributed by atoms with E-state index in [4.69, 9.17) is 9.47 Å². The molecule has 0 aliphatic carbocycles. The van der Waals surface area contributed by atoms with Gasteiger partial charge in [0.05, 0.1) is 6.61 Å². The van der Waals surface area contributed by atoms with Crippen LogP contribution in [-0.4, -0.2) is 13.7 Å². The van der Waals surface area contributed by atoms with Crippen LogP contribution in [0.1, 0.15) is 23.0 Å². The zero-order valence-electron chi connectivity index (χ0n) is 8.04. The Labute approximate surface area is 78.5 Å². The van der Waals surface area contributed by atoms with Crippen LogP contribution in [0.25, 0.3) is 0 Å². The van der Waals surface area contributed by atoms with Gasteiger partial charge in [-0.05, 0) is 18.9 Å². The molecule has 0 N–H and O–H groups in total. The van der Waals surface area contributed by atoms with Crippen molar-refractivity contribution in [1.82, 2.24) is 0 Å². The van der Waals surface area contributed by atoms with Crippen molar-refractivity contribution in [3.63, 3.8) is 0 Å². The van der Waals surface area contributed by atoms with Crippen LogP contribution in [0, 0.1) is 6.92 Å². The van der Waals surface area contributed by atoms with Crippen LogP contribution in [0.2, 0.25) is 0 Å². The molecule has 0 saturated carbocycles. The minimum Gasteiger partial charge on any atom is -0.352 e. The second-order valence-corrected chi connectivity index (χ2v) is 3.39. The van der Waals surface area contributed by atoms with Crippen LogP contribution in [0.15, 0.2) is 18.2 Å². The zero-order valence-corrected chi connectivity index (χ0v) is 8.04. The minimum absolute atomic E-state index is 0.163. The van der Waals surface area contributed by atoms with Crippen molar-refractivity contribution >= 4 is 0 Å². The van der Waals surface area contributed by atoms with Crippen molar-refractivity contribution in [2.24, 2.45) is 0 Å². The maximum atomic E-state index is 5.47. The van der Waals surface area contributed by atoms with Gasteiger partial charge < -0.3 is 9.47 Å². The second-order valence-electron chi connectivity index (χ2n) is 3.39. The molecule has 0 amide bonds. The zero-order chi connectivity index (χ0) is 9.26. The average Bonchev–Trinajstić information content (AvgIpc) is 2.16. The largest absolute Gasteiger partial charge is 0.352 e. The molecule has 1 atom stereocenters. The molecule has 70 valence electrons. The Morgan fingerprint density at radius 3 is 3.08 bits per heavy atom. The second kappa shape index (κ2) is 3.48. The molecule has 13 heavy (non-hydrogen) atoms. The van der Waals surface area contributed by atoms with Gasteiger partial charge in [-0.3, -0.25) is 0 Å². The summed E-state index contributed by atoms with van der Waals surface area (Å²) in [6.45, 7) is 2.87. The fourth-order valence-electron chi connectivity index (χ4n) is 1.74. The van der Waals surface area contributed by atoms with Crippen molar-refractivity contribution < 1.29 is 9.47 Å². The molecule has 2 rings (SSSR count). The predicted molar refractivity (Wildman–Crippen MR) is 50.6 cm³/mol. The Hall–Kier alpha value is -0.860. The van der Waals surface area contributed by atoms with Crippen LogP contribution in [0.3, 0.4) is 0 Å². The quantitative estimate of drug-likeness (QED) is 0.656. The molecule has 0 unspecified atom stereocenters. The lowest BCUT2D eigenvalue weighted by molar-refractivity contribution is -0.134. The molecule has 0 fully saturated rings. The molecule has 0 radical (unpaired) electrons. The number of rotatable bonds is 1. The van der Waals surface area contributed by atoms with E-state index in [0.717, 1.165) is 13.0 Å². The van der Waals surface area contributed by atoms with E-state index in [0.29, 0.717) is 0 Å². The van der Waals surface area contributed by atoms with Gasteiger partial charge in [-0.1, -0.05) is 23.8 Å². The third-order valence-corrected chi connectivity index (χ3v) is 2.41. The van der Waals surface area contributed by atoms with Gasteiger partial charge in [0.15, 0.2) is 6.29 Å². The van der Waals surface area contributed by atoms with Crippen molar-refractivity contribution in [3.8, 4) is 0 Å². The van der Waals surface area contributed by atoms with E-state index in [-0.39, 0.29) is 6.29 Å². The van der Waals surface area contributed by atoms with Crippen molar-refractivity contribution in [3.05, 3.63) is 34.9 Å². The molecule has 1 heterocycles. The first-order valence-electron chi connectivity index (χ1n) is 4.55. The summed E-state index contributed by atoms with van der Waals surface area (Å²) in [6.07, 6.45) is 0.834. The number of methoxy groups -OCH3 is 1. The SMILES string of the molecule is CO[C@@H]1OCCc2cc(C)ccc21. The fraction of sp³-hybridized carbons (Fsp3) is 0.455. The summed E-state index contributed by atoms with van der Waals surface area (Å²) in [6, 6.07) is 6.40. The van der Waals surface area contributed by atoms with Crippen molar-refractivity contribution in [2.45, 2.75) is 19.6 Å². The molecular weight excluding hydrogens is 164 g/mol. The van der Waals surface area contributed by atoms with E-state index < -0.39 is 0 Å². The molecule has 2 heteroatoms. The van der Waals surface area contributed by atoms with E-state index in [1.54, 1.807) is 7.11 Å². The highest BCUT2D eigenvalue weighted by Crippen LogP contribution is 2.27. The molecule has 0 spiro atoms. The van der Waals surface area contributed by atoms with Crippen molar-refractivity contribution in [1.29, 1.82) is 0 Å². The third-order valence-electron chi connectivity index (χ3n) is 2.41. The minimum atomic E-state index is -0.163. The van der Waals surface area contributed by atoms with Gasteiger partial charge in [0.2, 0.25) is 0 Å². The summed E-state index contributed by atoms with van der Waals surface area (Å²) in [4.78, 5) is 0. The maximum Gasteiger partial charge on any atom is 0.183 e. The van der Waals surface area contributed by atoms with Gasteiger partial charge in [0.1, 0.15) is 0 Å². The Balaban J connectivity index is 2.40. The summed E-state index contributed by atoms with van der Waals surface area (Å²) in [5, 5.41) is 0. The number of hydrogen-bond donors (Lipinski definition) is 0. The van der Waals surface area contributed by atoms with E-state index in [1.165, 1.54) is 16.7 Å².